The molecule has 1 saturated heterocycles. The first-order valence-corrected chi connectivity index (χ1v) is 5.49. The summed E-state index contributed by atoms with van der Waals surface area (Å²) < 4.78 is 10.6. The second-order valence-electron chi connectivity index (χ2n) is 5.65. The van der Waals surface area contributed by atoms with Gasteiger partial charge < -0.3 is 9.47 Å². The molecule has 1 aliphatic heterocycles. The highest BCUT2D eigenvalue weighted by molar-refractivity contribution is 4.68. The molecule has 0 radical (unpaired) electrons. The lowest BCUT2D eigenvalue weighted by Gasteiger charge is -2.30. The number of ether oxygens (including phenoxy) is 2. The average molecular weight is 218 g/mol. The molecule has 0 amide bonds. The third-order valence-electron chi connectivity index (χ3n) is 1.44. The van der Waals surface area contributed by atoms with Crippen molar-refractivity contribution >= 4 is 0 Å². The number of hydrogen-bond donors (Lipinski definition) is 0. The van der Waals surface area contributed by atoms with E-state index in [0.717, 1.165) is 13.2 Å². The topological polar surface area (TPSA) is 18.5 Å². The van der Waals surface area contributed by atoms with Crippen LogP contribution in [0.25, 0.3) is 0 Å². The van der Waals surface area contributed by atoms with Gasteiger partial charge in [0.25, 0.3) is 0 Å². The van der Waals surface area contributed by atoms with Crippen molar-refractivity contribution in [3.63, 3.8) is 0 Å². The van der Waals surface area contributed by atoms with Gasteiger partial charge in [-0.25, -0.2) is 0 Å². The van der Waals surface area contributed by atoms with Crippen molar-refractivity contribution in [3.05, 3.63) is 0 Å². The van der Waals surface area contributed by atoms with Gasteiger partial charge in [0, 0.05) is 13.2 Å². The number of hydrogen-bond acceptors (Lipinski definition) is 2. The van der Waals surface area contributed by atoms with Gasteiger partial charge in [0.05, 0.1) is 11.2 Å². The first kappa shape index (κ1) is 17.3. The van der Waals surface area contributed by atoms with Crippen LogP contribution < -0.4 is 0 Å². The van der Waals surface area contributed by atoms with Gasteiger partial charge in [-0.3, -0.25) is 0 Å². The van der Waals surface area contributed by atoms with E-state index in [-0.39, 0.29) is 18.6 Å². The minimum atomic E-state index is -0.0156. The van der Waals surface area contributed by atoms with E-state index in [1.54, 1.807) is 0 Å². The second kappa shape index (κ2) is 7.24. The zero-order valence-corrected chi connectivity index (χ0v) is 10.6. The van der Waals surface area contributed by atoms with E-state index in [0.29, 0.717) is 0 Å². The molecule has 94 valence electrons. The maximum absolute atomic E-state index is 5.62. The maximum atomic E-state index is 5.62. The molecule has 2 nitrogen and oxygen atoms in total. The molecule has 0 N–H and O–H groups in total. The molecule has 1 rings (SSSR count). The lowest BCUT2D eigenvalue weighted by atomic mass is 10.1. The van der Waals surface area contributed by atoms with Crippen molar-refractivity contribution in [2.24, 2.45) is 0 Å². The molecule has 0 saturated carbocycles. The van der Waals surface area contributed by atoms with E-state index < -0.39 is 0 Å². The zero-order valence-electron chi connectivity index (χ0n) is 10.6. The highest BCUT2D eigenvalue weighted by Gasteiger charge is 2.19. The summed E-state index contributed by atoms with van der Waals surface area (Å²) in [5.41, 5.74) is -0.0312. The van der Waals surface area contributed by atoms with Crippen molar-refractivity contribution in [3.8, 4) is 0 Å². The fourth-order valence-corrected chi connectivity index (χ4v) is 1.43. The van der Waals surface area contributed by atoms with Crippen molar-refractivity contribution in [1.29, 1.82) is 0 Å². The van der Waals surface area contributed by atoms with Crippen LogP contribution in [0.4, 0.5) is 0 Å². The Morgan fingerprint density at radius 2 is 1.13 bits per heavy atom. The molecule has 1 aliphatic rings. The standard InChI is InChI=1S/C8H18O.C4H8O.CH4/c1-7(2,3)9-8(4,5)6;1-2-4-5-3-1;/h1-6H3;1-4H2;1H4. The summed E-state index contributed by atoms with van der Waals surface area (Å²) in [6.45, 7) is 14.4. The van der Waals surface area contributed by atoms with E-state index in [9.17, 15) is 0 Å². The zero-order chi connectivity index (χ0) is 11.2. The summed E-state index contributed by atoms with van der Waals surface area (Å²) in [5, 5.41) is 0. The van der Waals surface area contributed by atoms with Gasteiger partial charge >= 0.3 is 0 Å². The smallest absolute Gasteiger partial charge is 0.0605 e. The highest BCUT2D eigenvalue weighted by atomic mass is 16.5. The third kappa shape index (κ3) is 16.6. The maximum Gasteiger partial charge on any atom is 0.0605 e. The molecule has 0 aliphatic carbocycles. The van der Waals surface area contributed by atoms with Gasteiger partial charge in [-0.15, -0.1) is 0 Å². The van der Waals surface area contributed by atoms with Crippen LogP contribution >= 0.6 is 0 Å². The highest BCUT2D eigenvalue weighted by Crippen LogP contribution is 2.17. The molecule has 0 aromatic heterocycles. The quantitative estimate of drug-likeness (QED) is 0.611. The summed E-state index contributed by atoms with van der Waals surface area (Å²) in [6.07, 6.45) is 2.56. The minimum absolute atomic E-state index is 0. The first-order valence-electron chi connectivity index (χ1n) is 5.49. The number of rotatable bonds is 0. The van der Waals surface area contributed by atoms with E-state index in [1.807, 2.05) is 0 Å². The van der Waals surface area contributed by atoms with Crippen molar-refractivity contribution in [2.75, 3.05) is 13.2 Å². The van der Waals surface area contributed by atoms with E-state index in [2.05, 4.69) is 41.5 Å². The molecule has 15 heavy (non-hydrogen) atoms. The summed E-state index contributed by atoms with van der Waals surface area (Å²) in [4.78, 5) is 0. The van der Waals surface area contributed by atoms with Crippen molar-refractivity contribution in [1.82, 2.24) is 0 Å². The monoisotopic (exact) mass is 218 g/mol. The molecule has 0 bridgehead atoms. The summed E-state index contributed by atoms with van der Waals surface area (Å²) in [6, 6.07) is 0. The van der Waals surface area contributed by atoms with E-state index in [4.69, 9.17) is 9.47 Å². The molecule has 0 aromatic carbocycles. The Hall–Kier alpha value is -0.0800. The molecule has 0 spiro atoms. The molecule has 0 atom stereocenters. The van der Waals surface area contributed by atoms with Crippen LogP contribution in [0.15, 0.2) is 0 Å². The Bertz CT molecular complexity index is 116. The van der Waals surface area contributed by atoms with Crippen LogP contribution in [0.2, 0.25) is 0 Å². The van der Waals surface area contributed by atoms with Crippen LogP contribution in [0.5, 0.6) is 0 Å². The van der Waals surface area contributed by atoms with Gasteiger partial charge in [-0.1, -0.05) is 7.43 Å². The molecule has 2 heteroatoms. The van der Waals surface area contributed by atoms with Gasteiger partial charge in [0.15, 0.2) is 0 Å². The van der Waals surface area contributed by atoms with Crippen LogP contribution in [0, 0.1) is 0 Å². The SMILES string of the molecule is C.C1CCOC1.CC(C)(C)OC(C)(C)C. The first-order chi connectivity index (χ1) is 6.21. The van der Waals surface area contributed by atoms with Gasteiger partial charge in [0.2, 0.25) is 0 Å². The molecule has 1 heterocycles. The van der Waals surface area contributed by atoms with Gasteiger partial charge in [-0.2, -0.15) is 0 Å². The van der Waals surface area contributed by atoms with Crippen LogP contribution in [0.1, 0.15) is 61.8 Å². The van der Waals surface area contributed by atoms with E-state index >= 15 is 0 Å². The van der Waals surface area contributed by atoms with Gasteiger partial charge in [-0.05, 0) is 54.4 Å². The predicted molar refractivity (Wildman–Crippen MR) is 67.4 cm³/mol. The molecule has 1 fully saturated rings. The Kier molecular flexibility index (Phi) is 8.35. The molecular formula is C13H30O2. The second-order valence-corrected chi connectivity index (χ2v) is 5.65. The summed E-state index contributed by atoms with van der Waals surface area (Å²) >= 11 is 0. The van der Waals surface area contributed by atoms with Crippen molar-refractivity contribution in [2.45, 2.75) is 73.0 Å². The van der Waals surface area contributed by atoms with Crippen LogP contribution in [0.3, 0.4) is 0 Å². The lowest BCUT2D eigenvalue weighted by molar-refractivity contribution is -0.102. The van der Waals surface area contributed by atoms with Gasteiger partial charge in [0.1, 0.15) is 0 Å². The Labute approximate surface area is 96.4 Å². The fourth-order valence-electron chi connectivity index (χ4n) is 1.43. The summed E-state index contributed by atoms with van der Waals surface area (Å²) in [7, 11) is 0. The molecule has 0 unspecified atom stereocenters. The van der Waals surface area contributed by atoms with Crippen LogP contribution in [-0.2, 0) is 9.47 Å². The fraction of sp³-hybridized carbons (Fsp3) is 1.00. The molecular weight excluding hydrogens is 188 g/mol. The van der Waals surface area contributed by atoms with E-state index in [1.165, 1.54) is 12.8 Å². The lowest BCUT2D eigenvalue weighted by Crippen LogP contribution is -2.31. The normalized spacial score (nSPS) is 16.4. The molecule has 0 aromatic rings. The predicted octanol–water partition coefficient (Wildman–Crippen LogP) is 4.03. The summed E-state index contributed by atoms with van der Waals surface area (Å²) in [5.74, 6) is 0. The van der Waals surface area contributed by atoms with Crippen LogP contribution in [-0.4, -0.2) is 24.4 Å². The van der Waals surface area contributed by atoms with Crippen molar-refractivity contribution < 1.29 is 9.47 Å². The minimum Gasteiger partial charge on any atom is -0.381 e. The largest absolute Gasteiger partial charge is 0.381 e. The third-order valence-corrected chi connectivity index (χ3v) is 1.44. The Balaban J connectivity index is 0. The Morgan fingerprint density at radius 3 is 1.20 bits per heavy atom. The average Bonchev–Trinajstić information content (AvgIpc) is 2.29. The Morgan fingerprint density at radius 1 is 0.800 bits per heavy atom.